The molecule has 0 aliphatic carbocycles. The number of nitrogens with two attached hydrogens (primary N) is 1. The van der Waals surface area contributed by atoms with Crippen molar-refractivity contribution >= 4 is 11.9 Å². The molecule has 1 atom stereocenters. The SMILES string of the molecule is CCCCCCCCC(CCCCCC)C(=O)OCCCCC(N)=O. The Morgan fingerprint density at radius 2 is 1.28 bits per heavy atom. The van der Waals surface area contributed by atoms with Gasteiger partial charge in [0.25, 0.3) is 0 Å². The van der Waals surface area contributed by atoms with Crippen LogP contribution in [0.2, 0.25) is 0 Å². The molecule has 4 nitrogen and oxygen atoms in total. The highest BCUT2D eigenvalue weighted by Gasteiger charge is 2.19. The molecule has 0 aliphatic rings. The van der Waals surface area contributed by atoms with Crippen molar-refractivity contribution in [3.05, 3.63) is 0 Å². The molecular formula is C21H41NO3. The maximum atomic E-state index is 12.4. The predicted molar refractivity (Wildman–Crippen MR) is 104 cm³/mol. The molecule has 0 aliphatic heterocycles. The molecule has 0 aromatic rings. The van der Waals surface area contributed by atoms with Crippen molar-refractivity contribution in [1.82, 2.24) is 0 Å². The van der Waals surface area contributed by atoms with Gasteiger partial charge >= 0.3 is 5.97 Å². The smallest absolute Gasteiger partial charge is 0.308 e. The zero-order valence-electron chi connectivity index (χ0n) is 16.7. The Kier molecular flexibility index (Phi) is 17.0. The summed E-state index contributed by atoms with van der Waals surface area (Å²) in [6.45, 7) is 4.84. The van der Waals surface area contributed by atoms with Crippen LogP contribution in [0.1, 0.15) is 110 Å². The molecule has 148 valence electrons. The van der Waals surface area contributed by atoms with Gasteiger partial charge in [0.15, 0.2) is 0 Å². The third-order valence-electron chi connectivity index (χ3n) is 4.71. The first-order valence-corrected chi connectivity index (χ1v) is 10.6. The van der Waals surface area contributed by atoms with Crippen LogP contribution >= 0.6 is 0 Å². The molecule has 0 rings (SSSR count). The van der Waals surface area contributed by atoms with Crippen LogP contribution in [0.15, 0.2) is 0 Å². The van der Waals surface area contributed by atoms with E-state index in [1.807, 2.05) is 0 Å². The van der Waals surface area contributed by atoms with Gasteiger partial charge in [-0.3, -0.25) is 9.59 Å². The van der Waals surface area contributed by atoms with Gasteiger partial charge in [0, 0.05) is 6.42 Å². The van der Waals surface area contributed by atoms with Crippen molar-refractivity contribution in [1.29, 1.82) is 0 Å². The summed E-state index contributed by atoms with van der Waals surface area (Å²) in [5.74, 6) is -0.272. The second-order valence-electron chi connectivity index (χ2n) is 7.19. The molecule has 2 N–H and O–H groups in total. The summed E-state index contributed by atoms with van der Waals surface area (Å²) >= 11 is 0. The topological polar surface area (TPSA) is 69.4 Å². The maximum absolute atomic E-state index is 12.4. The van der Waals surface area contributed by atoms with E-state index in [2.05, 4.69) is 13.8 Å². The van der Waals surface area contributed by atoms with Crippen molar-refractivity contribution in [2.24, 2.45) is 11.7 Å². The fraction of sp³-hybridized carbons (Fsp3) is 0.905. The number of unbranched alkanes of at least 4 members (excludes halogenated alkanes) is 9. The van der Waals surface area contributed by atoms with Crippen LogP contribution in [0.4, 0.5) is 0 Å². The molecule has 0 heterocycles. The molecule has 25 heavy (non-hydrogen) atoms. The third-order valence-corrected chi connectivity index (χ3v) is 4.71. The lowest BCUT2D eigenvalue weighted by molar-refractivity contribution is -0.149. The number of hydrogen-bond acceptors (Lipinski definition) is 3. The highest BCUT2D eigenvalue weighted by atomic mass is 16.5. The van der Waals surface area contributed by atoms with Gasteiger partial charge in [-0.25, -0.2) is 0 Å². The van der Waals surface area contributed by atoms with Gasteiger partial charge in [-0.2, -0.15) is 0 Å². The normalized spacial score (nSPS) is 12.1. The molecular weight excluding hydrogens is 314 g/mol. The summed E-state index contributed by atoms with van der Waals surface area (Å²) in [7, 11) is 0. The average molecular weight is 356 g/mol. The number of esters is 1. The van der Waals surface area contributed by atoms with Crippen LogP contribution in [0, 0.1) is 5.92 Å². The number of amides is 1. The maximum Gasteiger partial charge on any atom is 0.308 e. The summed E-state index contributed by atoms with van der Waals surface area (Å²) in [6, 6.07) is 0. The van der Waals surface area contributed by atoms with Crippen LogP contribution < -0.4 is 5.73 Å². The van der Waals surface area contributed by atoms with Crippen molar-refractivity contribution in [3.63, 3.8) is 0 Å². The predicted octanol–water partition coefficient (Wildman–Crippen LogP) is 5.52. The Morgan fingerprint density at radius 1 is 0.760 bits per heavy atom. The summed E-state index contributed by atoms with van der Waals surface area (Å²) in [5.41, 5.74) is 5.11. The molecule has 0 radical (unpaired) electrons. The minimum Gasteiger partial charge on any atom is -0.465 e. The average Bonchev–Trinajstić information content (AvgIpc) is 2.59. The zero-order chi connectivity index (χ0) is 18.8. The van der Waals surface area contributed by atoms with Crippen LogP contribution in [0.5, 0.6) is 0 Å². The van der Waals surface area contributed by atoms with Gasteiger partial charge in [-0.15, -0.1) is 0 Å². The molecule has 1 amide bonds. The quantitative estimate of drug-likeness (QED) is 0.260. The second-order valence-corrected chi connectivity index (χ2v) is 7.19. The number of primary amides is 1. The van der Waals surface area contributed by atoms with Crippen LogP contribution in [-0.4, -0.2) is 18.5 Å². The summed E-state index contributed by atoms with van der Waals surface area (Å²) in [6.07, 6.45) is 16.0. The first kappa shape index (κ1) is 23.9. The molecule has 0 saturated carbocycles. The van der Waals surface area contributed by atoms with Gasteiger partial charge in [-0.1, -0.05) is 78.1 Å². The van der Waals surface area contributed by atoms with Crippen molar-refractivity contribution in [3.8, 4) is 0 Å². The number of carbonyl (C=O) groups excluding carboxylic acids is 2. The fourth-order valence-electron chi connectivity index (χ4n) is 3.06. The number of ether oxygens (including phenoxy) is 1. The fourth-order valence-corrected chi connectivity index (χ4v) is 3.06. The van der Waals surface area contributed by atoms with E-state index in [0.29, 0.717) is 25.9 Å². The van der Waals surface area contributed by atoms with E-state index < -0.39 is 0 Å². The van der Waals surface area contributed by atoms with Gasteiger partial charge < -0.3 is 10.5 Å². The lowest BCUT2D eigenvalue weighted by Crippen LogP contribution is -2.19. The van der Waals surface area contributed by atoms with Gasteiger partial charge in [0.1, 0.15) is 0 Å². The molecule has 0 bridgehead atoms. The van der Waals surface area contributed by atoms with Crippen LogP contribution in [0.25, 0.3) is 0 Å². The molecule has 4 heteroatoms. The number of carbonyl (C=O) groups is 2. The van der Waals surface area contributed by atoms with Gasteiger partial charge in [-0.05, 0) is 25.7 Å². The Morgan fingerprint density at radius 3 is 1.84 bits per heavy atom. The van der Waals surface area contributed by atoms with Crippen LogP contribution in [0.3, 0.4) is 0 Å². The van der Waals surface area contributed by atoms with E-state index in [9.17, 15) is 9.59 Å². The molecule has 0 aromatic carbocycles. The monoisotopic (exact) mass is 355 g/mol. The Hall–Kier alpha value is -1.06. The van der Waals surface area contributed by atoms with E-state index in [0.717, 1.165) is 25.7 Å². The molecule has 0 fully saturated rings. The molecule has 1 unspecified atom stereocenters. The van der Waals surface area contributed by atoms with Gasteiger partial charge in [0.05, 0.1) is 12.5 Å². The standard InChI is InChI=1S/C21H41NO3/c1-3-5-7-9-10-12-16-19(15-11-8-6-4-2)21(24)25-18-14-13-17-20(22)23/h19H,3-18H2,1-2H3,(H2,22,23). The number of hydrogen-bond donors (Lipinski definition) is 1. The van der Waals surface area contributed by atoms with E-state index in [-0.39, 0.29) is 17.8 Å². The van der Waals surface area contributed by atoms with E-state index in [4.69, 9.17) is 10.5 Å². The second kappa shape index (κ2) is 17.8. The van der Waals surface area contributed by atoms with E-state index in [1.165, 1.54) is 51.4 Å². The largest absolute Gasteiger partial charge is 0.465 e. The Bertz CT molecular complexity index is 331. The lowest BCUT2D eigenvalue weighted by Gasteiger charge is -2.16. The highest BCUT2D eigenvalue weighted by Crippen LogP contribution is 2.20. The number of rotatable bonds is 18. The first-order valence-electron chi connectivity index (χ1n) is 10.6. The zero-order valence-corrected chi connectivity index (χ0v) is 16.7. The van der Waals surface area contributed by atoms with E-state index >= 15 is 0 Å². The molecule has 0 saturated heterocycles. The van der Waals surface area contributed by atoms with Crippen molar-refractivity contribution in [2.45, 2.75) is 110 Å². The first-order chi connectivity index (χ1) is 12.1. The summed E-state index contributed by atoms with van der Waals surface area (Å²) in [4.78, 5) is 23.1. The lowest BCUT2D eigenvalue weighted by atomic mass is 9.94. The summed E-state index contributed by atoms with van der Waals surface area (Å²) < 4.78 is 5.45. The highest BCUT2D eigenvalue weighted by molar-refractivity contribution is 5.73. The Labute approximate surface area is 155 Å². The van der Waals surface area contributed by atoms with Crippen LogP contribution in [-0.2, 0) is 14.3 Å². The molecule has 0 spiro atoms. The van der Waals surface area contributed by atoms with E-state index in [1.54, 1.807) is 0 Å². The minimum atomic E-state index is -0.289. The third kappa shape index (κ3) is 16.2. The van der Waals surface area contributed by atoms with Gasteiger partial charge in [0.2, 0.25) is 5.91 Å². The van der Waals surface area contributed by atoms with Crippen molar-refractivity contribution < 1.29 is 14.3 Å². The Balaban J connectivity index is 4.03. The minimum absolute atomic E-state index is 0.0378. The van der Waals surface area contributed by atoms with Crippen molar-refractivity contribution in [2.75, 3.05) is 6.61 Å². The molecule has 0 aromatic heterocycles. The summed E-state index contributed by atoms with van der Waals surface area (Å²) in [5, 5.41) is 0.